The summed E-state index contributed by atoms with van der Waals surface area (Å²) in [6.07, 6.45) is 0. The minimum Gasteiger partial charge on any atom is -0.495 e. The van der Waals surface area contributed by atoms with Crippen molar-refractivity contribution in [3.8, 4) is 5.75 Å². The molecule has 0 fully saturated rings. The number of rotatable bonds is 8. The van der Waals surface area contributed by atoms with Gasteiger partial charge in [-0.25, -0.2) is 22.0 Å². The Morgan fingerprint density at radius 2 is 1.44 bits per heavy atom. The van der Waals surface area contributed by atoms with Crippen molar-refractivity contribution in [2.24, 2.45) is 0 Å². The van der Waals surface area contributed by atoms with E-state index in [-0.39, 0.29) is 27.7 Å². The first-order valence-corrected chi connectivity index (χ1v) is 12.1. The number of methoxy groups -OCH3 is 1. The minimum atomic E-state index is -4.36. The van der Waals surface area contributed by atoms with Crippen LogP contribution in [0.5, 0.6) is 5.75 Å². The molecule has 0 bridgehead atoms. The third-order valence-electron chi connectivity index (χ3n) is 4.20. The van der Waals surface area contributed by atoms with Gasteiger partial charge >= 0.3 is 5.69 Å². The number of benzene rings is 3. The number of hydrogen-bond acceptors (Lipinski definition) is 6. The summed E-state index contributed by atoms with van der Waals surface area (Å²) in [5.41, 5.74) is -0.475. The van der Waals surface area contributed by atoms with Crippen molar-refractivity contribution in [1.82, 2.24) is 0 Å². The molecule has 0 aliphatic rings. The summed E-state index contributed by atoms with van der Waals surface area (Å²) in [4.78, 5) is 10.2. The van der Waals surface area contributed by atoms with Crippen molar-refractivity contribution in [3.63, 3.8) is 0 Å². The lowest BCUT2D eigenvalue weighted by Crippen LogP contribution is -2.18. The van der Waals surface area contributed by atoms with Gasteiger partial charge in [-0.05, 0) is 42.5 Å². The SMILES string of the molecule is COc1ccc([N+](=O)O)cc1S(=O)(=O)Nc1ccccc1NS(=O)(=O)c1ccc(Cl)cc1. The minimum absolute atomic E-state index is 0.0474. The number of sulfonamides is 2. The second kappa shape index (κ2) is 9.02. The first-order chi connectivity index (χ1) is 15.0. The van der Waals surface area contributed by atoms with Gasteiger partial charge in [0, 0.05) is 17.2 Å². The number of ether oxygens (including phenoxy) is 1. The molecule has 168 valence electrons. The van der Waals surface area contributed by atoms with Gasteiger partial charge in [0.25, 0.3) is 25.0 Å². The fraction of sp³-hybridized carbons (Fsp3) is 0.0526. The van der Waals surface area contributed by atoms with Crippen LogP contribution in [0.25, 0.3) is 0 Å². The lowest BCUT2D eigenvalue weighted by atomic mass is 10.3. The summed E-state index contributed by atoms with van der Waals surface area (Å²) in [5, 5.41) is 9.46. The number of halogens is 1. The monoisotopic (exact) mass is 498 g/mol. The summed E-state index contributed by atoms with van der Waals surface area (Å²) in [6.45, 7) is 0. The topological polar surface area (TPSA) is 142 Å². The Morgan fingerprint density at radius 1 is 0.875 bits per heavy atom. The molecular formula is C19H17ClN3O7S2+. The smallest absolute Gasteiger partial charge is 0.318 e. The molecule has 3 aromatic rings. The van der Waals surface area contributed by atoms with Crippen molar-refractivity contribution in [1.29, 1.82) is 0 Å². The number of hydrogen-bond donors (Lipinski definition) is 3. The zero-order valence-electron chi connectivity index (χ0n) is 16.4. The molecule has 13 heteroatoms. The maximum absolute atomic E-state index is 13.0. The summed E-state index contributed by atoms with van der Waals surface area (Å²) < 4.78 is 61.0. The molecular weight excluding hydrogens is 482 g/mol. The first-order valence-electron chi connectivity index (χ1n) is 8.78. The lowest BCUT2D eigenvalue weighted by molar-refractivity contribution is -0.729. The van der Waals surface area contributed by atoms with Crippen LogP contribution in [0.1, 0.15) is 0 Å². The molecule has 3 N–H and O–H groups in total. The van der Waals surface area contributed by atoms with Crippen LogP contribution in [-0.2, 0) is 20.0 Å². The van der Waals surface area contributed by atoms with E-state index in [1.54, 1.807) is 0 Å². The number of para-hydroxylation sites is 2. The van der Waals surface area contributed by atoms with Gasteiger partial charge in [0.15, 0.2) is 0 Å². The maximum atomic E-state index is 13.0. The lowest BCUT2D eigenvalue weighted by Gasteiger charge is -2.15. The van der Waals surface area contributed by atoms with E-state index in [1.165, 1.54) is 67.8 Å². The van der Waals surface area contributed by atoms with E-state index in [1.807, 2.05) is 0 Å². The molecule has 0 unspecified atom stereocenters. The zero-order valence-corrected chi connectivity index (χ0v) is 18.8. The molecule has 3 aromatic carbocycles. The van der Waals surface area contributed by atoms with Gasteiger partial charge in [-0.15, -0.1) is 0 Å². The predicted octanol–water partition coefficient (Wildman–Crippen LogP) is 3.75. The highest BCUT2D eigenvalue weighted by molar-refractivity contribution is 7.93. The third kappa shape index (κ3) is 5.10. The average Bonchev–Trinajstić information content (AvgIpc) is 2.74. The van der Waals surface area contributed by atoms with Crippen LogP contribution in [0.15, 0.2) is 76.5 Å². The zero-order chi connectivity index (χ0) is 23.5. The van der Waals surface area contributed by atoms with Crippen LogP contribution < -0.4 is 14.2 Å². The Labute approximate surface area is 189 Å². The van der Waals surface area contributed by atoms with Gasteiger partial charge in [0.2, 0.25) is 0 Å². The Hall–Kier alpha value is -3.35. The van der Waals surface area contributed by atoms with E-state index in [4.69, 9.17) is 21.5 Å². The molecule has 3 rings (SSSR count). The number of anilines is 2. The van der Waals surface area contributed by atoms with Gasteiger partial charge in [-0.3, -0.25) is 9.44 Å². The van der Waals surface area contributed by atoms with Crippen LogP contribution >= 0.6 is 11.6 Å². The standard InChI is InChI=1S/C19H17ClN3O7S2/c1-30-18-11-8-14(23(24)25)12-19(18)32(28,29)22-17-5-3-2-4-16(17)21-31(26,27)15-9-6-13(20)7-10-15/h2-12,21-22H,1H3,(H,24,25)/q+1. The Morgan fingerprint density at radius 3 is 1.97 bits per heavy atom. The number of nitrogens with zero attached hydrogens (tertiary/aromatic N) is 1. The molecule has 0 heterocycles. The highest BCUT2D eigenvalue weighted by Gasteiger charge is 2.26. The normalized spacial score (nSPS) is 11.6. The second-order valence-corrected chi connectivity index (χ2v) is 10.1. The summed E-state index contributed by atoms with van der Waals surface area (Å²) >= 11 is 5.79. The van der Waals surface area contributed by atoms with Crippen LogP contribution in [0, 0.1) is 4.91 Å². The molecule has 0 saturated carbocycles. The second-order valence-electron chi connectivity index (χ2n) is 6.32. The fourth-order valence-corrected chi connectivity index (χ4v) is 5.15. The van der Waals surface area contributed by atoms with Crippen LogP contribution in [0.3, 0.4) is 0 Å². The Bertz CT molecular complexity index is 1380. The number of nitrogens with one attached hydrogen (secondary N) is 2. The first kappa shape index (κ1) is 23.3. The predicted molar refractivity (Wildman–Crippen MR) is 118 cm³/mol. The molecule has 0 radical (unpaired) electrons. The quantitative estimate of drug-likeness (QED) is 0.401. The molecule has 0 saturated heterocycles. The van der Waals surface area contributed by atoms with Crippen LogP contribution in [0.4, 0.5) is 17.1 Å². The summed E-state index contributed by atoms with van der Waals surface area (Å²) in [7, 11) is -7.18. The van der Waals surface area contributed by atoms with Gasteiger partial charge in [0.1, 0.15) is 10.6 Å². The highest BCUT2D eigenvalue weighted by Crippen LogP contribution is 2.32. The van der Waals surface area contributed by atoms with Gasteiger partial charge in [-0.2, -0.15) is 0 Å². The third-order valence-corrected chi connectivity index (χ3v) is 7.22. The molecule has 0 aliphatic carbocycles. The molecule has 0 amide bonds. The van der Waals surface area contributed by atoms with E-state index in [0.717, 1.165) is 6.07 Å². The van der Waals surface area contributed by atoms with Crippen LogP contribution in [-0.4, -0.2) is 34.1 Å². The van der Waals surface area contributed by atoms with E-state index in [2.05, 4.69) is 9.44 Å². The van der Waals surface area contributed by atoms with Gasteiger partial charge in [0.05, 0.1) is 28.3 Å². The van der Waals surface area contributed by atoms with Crippen molar-refractivity contribution < 1.29 is 31.7 Å². The molecule has 0 aliphatic heterocycles. The van der Waals surface area contributed by atoms with Gasteiger partial charge in [-0.1, -0.05) is 23.7 Å². The molecule has 10 nitrogen and oxygen atoms in total. The Kier molecular flexibility index (Phi) is 6.57. The summed E-state index contributed by atoms with van der Waals surface area (Å²) in [5.74, 6) is -0.0951. The fourth-order valence-electron chi connectivity index (χ4n) is 2.67. The Balaban J connectivity index is 1.98. The molecule has 0 atom stereocenters. The molecule has 0 spiro atoms. The summed E-state index contributed by atoms with van der Waals surface area (Å²) in [6, 6.07) is 14.4. The highest BCUT2D eigenvalue weighted by atomic mass is 35.5. The van der Waals surface area contributed by atoms with Crippen molar-refractivity contribution in [3.05, 3.63) is 76.7 Å². The molecule has 0 aromatic heterocycles. The van der Waals surface area contributed by atoms with Crippen LogP contribution in [0.2, 0.25) is 5.02 Å². The van der Waals surface area contributed by atoms with E-state index >= 15 is 0 Å². The van der Waals surface area contributed by atoms with Gasteiger partial charge < -0.3 is 4.74 Å². The maximum Gasteiger partial charge on any atom is 0.318 e. The van der Waals surface area contributed by atoms with Crippen molar-refractivity contribution >= 4 is 48.7 Å². The van der Waals surface area contributed by atoms with E-state index < -0.39 is 29.9 Å². The van der Waals surface area contributed by atoms with Crippen molar-refractivity contribution in [2.45, 2.75) is 9.79 Å². The average molecular weight is 499 g/mol. The van der Waals surface area contributed by atoms with E-state index in [0.29, 0.717) is 5.02 Å². The van der Waals surface area contributed by atoms with Crippen molar-refractivity contribution in [2.75, 3.05) is 16.6 Å². The largest absolute Gasteiger partial charge is 0.495 e. The molecule has 32 heavy (non-hydrogen) atoms. The van der Waals surface area contributed by atoms with E-state index in [9.17, 15) is 21.7 Å².